The van der Waals surface area contributed by atoms with E-state index >= 15 is 0 Å². The van der Waals surface area contributed by atoms with Crippen LogP contribution < -0.4 is 4.74 Å². The maximum absolute atomic E-state index is 6.53. The molecule has 0 aliphatic rings. The minimum Gasteiger partial charge on any atom is -0.497 e. The lowest BCUT2D eigenvalue weighted by Crippen LogP contribution is -2.03. The summed E-state index contributed by atoms with van der Waals surface area (Å²) in [6.07, 6.45) is 1.82. The van der Waals surface area contributed by atoms with Crippen molar-refractivity contribution < 1.29 is 4.74 Å². The highest BCUT2D eigenvalue weighted by molar-refractivity contribution is 6.33. The van der Waals surface area contributed by atoms with E-state index in [0.717, 1.165) is 39.4 Å². The molecule has 4 aromatic rings. The zero-order valence-electron chi connectivity index (χ0n) is 14.2. The van der Waals surface area contributed by atoms with E-state index in [1.54, 1.807) is 7.11 Å². The number of methoxy groups -OCH3 is 1. The highest BCUT2D eigenvalue weighted by atomic mass is 35.5. The fourth-order valence-corrected chi connectivity index (χ4v) is 3.46. The van der Waals surface area contributed by atoms with Crippen LogP contribution in [0.25, 0.3) is 28.0 Å². The van der Waals surface area contributed by atoms with E-state index in [4.69, 9.17) is 16.3 Å². The van der Waals surface area contributed by atoms with Crippen molar-refractivity contribution in [3.63, 3.8) is 0 Å². The molecule has 126 valence electrons. The third kappa shape index (κ3) is 2.48. The summed E-state index contributed by atoms with van der Waals surface area (Å²) in [7, 11) is 3.56. The molecule has 25 heavy (non-hydrogen) atoms. The Bertz CT molecular complexity index is 1080. The molecule has 2 aromatic carbocycles. The molecule has 0 amide bonds. The quantitative estimate of drug-likeness (QED) is 0.549. The van der Waals surface area contributed by atoms with Crippen LogP contribution in [-0.2, 0) is 7.05 Å². The Hall–Kier alpha value is -2.79. The van der Waals surface area contributed by atoms with Gasteiger partial charge < -0.3 is 4.74 Å². The third-order valence-corrected chi connectivity index (χ3v) is 4.63. The van der Waals surface area contributed by atoms with Gasteiger partial charge in [0, 0.05) is 18.2 Å². The van der Waals surface area contributed by atoms with Crippen molar-refractivity contribution >= 4 is 22.6 Å². The zero-order chi connectivity index (χ0) is 17.6. The molecule has 0 N–H and O–H groups in total. The molecule has 6 heteroatoms. The van der Waals surface area contributed by atoms with Gasteiger partial charge >= 0.3 is 0 Å². The number of fused-ring (bicyclic) bond motifs is 1. The van der Waals surface area contributed by atoms with Gasteiger partial charge in [-0.15, -0.1) is 0 Å². The predicted octanol–water partition coefficient (Wildman–Crippen LogP) is 4.40. The summed E-state index contributed by atoms with van der Waals surface area (Å²) < 4.78 is 9.17. The molecule has 0 saturated heterocycles. The second-order valence-corrected chi connectivity index (χ2v) is 6.26. The Morgan fingerprint density at radius 2 is 1.92 bits per heavy atom. The Labute approximate surface area is 150 Å². The molecule has 0 atom stereocenters. The average molecular weight is 353 g/mol. The van der Waals surface area contributed by atoms with Crippen LogP contribution in [0.1, 0.15) is 5.69 Å². The molecule has 0 aliphatic heterocycles. The zero-order valence-corrected chi connectivity index (χ0v) is 14.9. The second-order valence-electron chi connectivity index (χ2n) is 5.86. The number of hydrogen-bond donors (Lipinski definition) is 0. The molecule has 4 rings (SSSR count). The maximum atomic E-state index is 6.53. The average Bonchev–Trinajstić information content (AvgIpc) is 3.15. The number of benzene rings is 2. The standard InChI is InChI=1S/C19H17ClN4O/c1-12-18(14-9-8-13(25-3)10-15(14)20)19(23(2)22-12)24-11-21-16-6-4-5-7-17(16)24/h4-11H,1-3H3. The van der Waals surface area contributed by atoms with Gasteiger partial charge in [-0.2, -0.15) is 5.10 Å². The van der Waals surface area contributed by atoms with Gasteiger partial charge in [-0.3, -0.25) is 9.25 Å². The molecule has 0 fully saturated rings. The smallest absolute Gasteiger partial charge is 0.144 e. The van der Waals surface area contributed by atoms with Crippen molar-refractivity contribution in [2.75, 3.05) is 7.11 Å². The summed E-state index contributed by atoms with van der Waals surface area (Å²) in [5, 5.41) is 5.24. The van der Waals surface area contributed by atoms with Crippen molar-refractivity contribution in [3.05, 3.63) is 59.5 Å². The fourth-order valence-electron chi connectivity index (χ4n) is 3.19. The van der Waals surface area contributed by atoms with E-state index in [1.165, 1.54) is 0 Å². The fraction of sp³-hybridized carbons (Fsp3) is 0.158. The van der Waals surface area contributed by atoms with Crippen molar-refractivity contribution in [2.24, 2.45) is 7.05 Å². The summed E-state index contributed by atoms with van der Waals surface area (Å²) in [4.78, 5) is 4.50. The number of ether oxygens (including phenoxy) is 1. The first kappa shape index (κ1) is 15.7. The minimum atomic E-state index is 0.626. The van der Waals surface area contributed by atoms with Crippen LogP contribution in [0.4, 0.5) is 0 Å². The topological polar surface area (TPSA) is 44.9 Å². The first-order valence-electron chi connectivity index (χ1n) is 7.90. The van der Waals surface area contributed by atoms with E-state index in [2.05, 4.69) is 10.1 Å². The van der Waals surface area contributed by atoms with Crippen molar-refractivity contribution in [2.45, 2.75) is 6.92 Å². The highest BCUT2D eigenvalue weighted by Crippen LogP contribution is 2.37. The van der Waals surface area contributed by atoms with Crippen LogP contribution in [0.2, 0.25) is 5.02 Å². The normalized spacial score (nSPS) is 11.2. The molecule has 2 aromatic heterocycles. The summed E-state index contributed by atoms with van der Waals surface area (Å²) >= 11 is 6.53. The first-order chi connectivity index (χ1) is 12.1. The third-order valence-electron chi connectivity index (χ3n) is 4.32. The van der Waals surface area contributed by atoms with Gasteiger partial charge in [-0.05, 0) is 37.3 Å². The highest BCUT2D eigenvalue weighted by Gasteiger charge is 2.20. The predicted molar refractivity (Wildman–Crippen MR) is 99.6 cm³/mol. The van der Waals surface area contributed by atoms with Gasteiger partial charge in [0.25, 0.3) is 0 Å². The lowest BCUT2D eigenvalue weighted by Gasteiger charge is -2.11. The van der Waals surface area contributed by atoms with Crippen LogP contribution in [0.5, 0.6) is 5.75 Å². The lowest BCUT2D eigenvalue weighted by molar-refractivity contribution is 0.415. The molecule has 0 radical (unpaired) electrons. The summed E-state index contributed by atoms with van der Waals surface area (Å²) in [5.41, 5.74) is 4.77. The molecule has 0 spiro atoms. The summed E-state index contributed by atoms with van der Waals surface area (Å²) in [6, 6.07) is 13.7. The number of imidazole rings is 1. The van der Waals surface area contributed by atoms with E-state index in [0.29, 0.717) is 5.02 Å². The number of aryl methyl sites for hydroxylation is 2. The van der Waals surface area contributed by atoms with Gasteiger partial charge in [-0.1, -0.05) is 23.7 Å². The van der Waals surface area contributed by atoms with Gasteiger partial charge in [0.15, 0.2) is 0 Å². The molecule has 0 saturated carbocycles. The van der Waals surface area contributed by atoms with Crippen molar-refractivity contribution in [1.29, 1.82) is 0 Å². The van der Waals surface area contributed by atoms with Gasteiger partial charge in [0.1, 0.15) is 17.9 Å². The van der Waals surface area contributed by atoms with Crippen LogP contribution in [0, 0.1) is 6.92 Å². The number of aromatic nitrogens is 4. The van der Waals surface area contributed by atoms with Gasteiger partial charge in [0.2, 0.25) is 0 Å². The van der Waals surface area contributed by atoms with Crippen LogP contribution in [0.15, 0.2) is 48.8 Å². The second kappa shape index (κ2) is 5.93. The van der Waals surface area contributed by atoms with Crippen molar-refractivity contribution in [3.8, 4) is 22.7 Å². The van der Waals surface area contributed by atoms with E-state index in [-0.39, 0.29) is 0 Å². The molecular weight excluding hydrogens is 336 g/mol. The molecular formula is C19H17ClN4O. The number of para-hydroxylation sites is 2. The molecule has 5 nitrogen and oxygen atoms in total. The number of hydrogen-bond acceptors (Lipinski definition) is 3. The molecule has 0 unspecified atom stereocenters. The lowest BCUT2D eigenvalue weighted by atomic mass is 10.1. The van der Waals surface area contributed by atoms with E-state index in [1.807, 2.05) is 72.0 Å². The first-order valence-corrected chi connectivity index (χ1v) is 8.28. The van der Waals surface area contributed by atoms with E-state index < -0.39 is 0 Å². The number of rotatable bonds is 3. The SMILES string of the molecule is COc1ccc(-c2c(C)nn(C)c2-n2cnc3ccccc32)c(Cl)c1. The van der Waals surface area contributed by atoms with Gasteiger partial charge in [0.05, 0.1) is 28.9 Å². The number of nitrogens with zero attached hydrogens (tertiary/aromatic N) is 4. The Morgan fingerprint density at radius 3 is 2.68 bits per heavy atom. The monoisotopic (exact) mass is 352 g/mol. The Kier molecular flexibility index (Phi) is 3.73. The largest absolute Gasteiger partial charge is 0.497 e. The molecule has 0 aliphatic carbocycles. The van der Waals surface area contributed by atoms with Crippen LogP contribution >= 0.6 is 11.6 Å². The summed E-state index contributed by atoms with van der Waals surface area (Å²) in [5.74, 6) is 1.66. The molecule has 2 heterocycles. The molecule has 0 bridgehead atoms. The van der Waals surface area contributed by atoms with E-state index in [9.17, 15) is 0 Å². The van der Waals surface area contributed by atoms with Crippen molar-refractivity contribution in [1.82, 2.24) is 19.3 Å². The summed E-state index contributed by atoms with van der Waals surface area (Å²) in [6.45, 7) is 1.98. The van der Waals surface area contributed by atoms with Gasteiger partial charge in [-0.25, -0.2) is 4.98 Å². The van der Waals surface area contributed by atoms with Crippen LogP contribution in [-0.4, -0.2) is 26.4 Å². The van der Waals surface area contributed by atoms with Crippen LogP contribution in [0.3, 0.4) is 0 Å². The number of halogens is 1. The Balaban J connectivity index is 2.00. The minimum absolute atomic E-state index is 0.626. The Morgan fingerprint density at radius 1 is 1.12 bits per heavy atom. The maximum Gasteiger partial charge on any atom is 0.144 e.